The van der Waals surface area contributed by atoms with Crippen LogP contribution in [0.1, 0.15) is 28.9 Å². The van der Waals surface area contributed by atoms with Crippen LogP contribution in [0, 0.1) is 17.5 Å². The third-order valence-corrected chi connectivity index (χ3v) is 5.99. The van der Waals surface area contributed by atoms with E-state index in [0.717, 1.165) is 17.3 Å². The van der Waals surface area contributed by atoms with Crippen molar-refractivity contribution in [2.75, 3.05) is 6.61 Å². The number of amides is 1. The van der Waals surface area contributed by atoms with Crippen LogP contribution in [0.5, 0.6) is 5.88 Å². The lowest BCUT2D eigenvalue weighted by molar-refractivity contribution is -0.145. The molecule has 4 rings (SSSR count). The number of rotatable bonds is 7. The van der Waals surface area contributed by atoms with Gasteiger partial charge in [-0.05, 0) is 35.6 Å². The van der Waals surface area contributed by atoms with Crippen molar-refractivity contribution in [2.24, 2.45) is 5.73 Å². The molecule has 1 aliphatic rings. The largest absolute Gasteiger partial charge is 0.475 e. The van der Waals surface area contributed by atoms with Gasteiger partial charge in [0.15, 0.2) is 11.6 Å². The Balaban J connectivity index is 1.48. The maximum Gasteiger partial charge on any atom is 0.451 e. The van der Waals surface area contributed by atoms with Gasteiger partial charge in [0.2, 0.25) is 17.6 Å². The minimum absolute atomic E-state index is 0.151. The first-order valence-electron chi connectivity index (χ1n) is 11.3. The Hall–Kier alpha value is -3.67. The van der Waals surface area contributed by atoms with Crippen LogP contribution in [0.15, 0.2) is 48.7 Å². The van der Waals surface area contributed by atoms with Crippen molar-refractivity contribution in [2.45, 2.75) is 44.1 Å². The van der Waals surface area contributed by atoms with Crippen molar-refractivity contribution in [1.82, 2.24) is 14.9 Å². The molecule has 3 aromatic rings. The normalized spacial score (nSPS) is 16.3. The molecule has 1 aromatic heterocycles. The van der Waals surface area contributed by atoms with Crippen LogP contribution in [-0.4, -0.2) is 39.5 Å². The van der Waals surface area contributed by atoms with Gasteiger partial charge in [-0.1, -0.05) is 24.3 Å². The quantitative estimate of drug-likeness (QED) is 0.370. The Kier molecular flexibility index (Phi) is 7.67. The molecule has 2 aromatic carbocycles. The number of alkyl halides is 3. The molecule has 0 unspecified atom stereocenters. The molecular weight excluding hydrogens is 502 g/mol. The van der Waals surface area contributed by atoms with Crippen molar-refractivity contribution < 1.29 is 35.9 Å². The molecule has 2 heterocycles. The number of halogens is 6. The van der Waals surface area contributed by atoms with Crippen LogP contribution in [0.2, 0.25) is 0 Å². The highest BCUT2D eigenvalue weighted by atomic mass is 19.4. The summed E-state index contributed by atoms with van der Waals surface area (Å²) < 4.78 is 85.1. The van der Waals surface area contributed by atoms with Crippen molar-refractivity contribution >= 4 is 5.91 Å². The standard InChI is InChI=1S/C25H22F6N4O2/c26-19-11-21(28)20(27)9-16(19)7-17(32)10-23(36)35-12-15-4-2-1-3-14(15)8-18(35)13-37-22-5-6-33-24(34-22)25(29,30)31/h1-6,9,11,17-18H,7-8,10,12-13,32H2/t17-,18+/m1/s1. The summed E-state index contributed by atoms with van der Waals surface area (Å²) in [6.07, 6.45) is -3.88. The van der Waals surface area contributed by atoms with Gasteiger partial charge < -0.3 is 15.4 Å². The van der Waals surface area contributed by atoms with Crippen LogP contribution in [-0.2, 0) is 30.4 Å². The fourth-order valence-corrected chi connectivity index (χ4v) is 4.19. The molecular formula is C25H22F6N4O2. The molecule has 0 bridgehead atoms. The number of fused-ring (bicyclic) bond motifs is 1. The second-order valence-corrected chi connectivity index (χ2v) is 8.70. The summed E-state index contributed by atoms with van der Waals surface area (Å²) in [4.78, 5) is 21.3. The number of aromatic nitrogens is 2. The van der Waals surface area contributed by atoms with Crippen molar-refractivity contribution in [3.8, 4) is 5.88 Å². The maximum atomic E-state index is 14.0. The average molecular weight is 524 g/mol. The molecule has 0 fully saturated rings. The Morgan fingerprint density at radius 3 is 2.51 bits per heavy atom. The van der Waals surface area contributed by atoms with Gasteiger partial charge in [0, 0.05) is 37.3 Å². The number of ether oxygens (including phenoxy) is 1. The Labute approximate surface area is 208 Å². The van der Waals surface area contributed by atoms with Crippen LogP contribution < -0.4 is 10.5 Å². The molecule has 1 amide bonds. The van der Waals surface area contributed by atoms with E-state index in [0.29, 0.717) is 18.6 Å². The molecule has 37 heavy (non-hydrogen) atoms. The van der Waals surface area contributed by atoms with E-state index in [1.807, 2.05) is 24.3 Å². The summed E-state index contributed by atoms with van der Waals surface area (Å²) in [5, 5.41) is 0. The topological polar surface area (TPSA) is 81.3 Å². The minimum atomic E-state index is -4.74. The van der Waals surface area contributed by atoms with Crippen LogP contribution in [0.4, 0.5) is 26.3 Å². The van der Waals surface area contributed by atoms with E-state index in [4.69, 9.17) is 10.5 Å². The summed E-state index contributed by atoms with van der Waals surface area (Å²) in [6.45, 7) is 0.0499. The first kappa shape index (κ1) is 26.4. The van der Waals surface area contributed by atoms with Gasteiger partial charge in [-0.15, -0.1) is 0 Å². The summed E-state index contributed by atoms with van der Waals surface area (Å²) in [6, 6.07) is 8.24. The molecule has 2 atom stereocenters. The average Bonchev–Trinajstić information content (AvgIpc) is 2.85. The summed E-state index contributed by atoms with van der Waals surface area (Å²) in [5.41, 5.74) is 7.72. The lowest BCUT2D eigenvalue weighted by atomic mass is 9.93. The van der Waals surface area contributed by atoms with Crippen molar-refractivity contribution in [3.05, 3.63) is 88.6 Å². The molecule has 0 saturated carbocycles. The van der Waals surface area contributed by atoms with Gasteiger partial charge >= 0.3 is 6.18 Å². The highest BCUT2D eigenvalue weighted by Gasteiger charge is 2.35. The lowest BCUT2D eigenvalue weighted by Crippen LogP contribution is -2.48. The third-order valence-electron chi connectivity index (χ3n) is 5.99. The van der Waals surface area contributed by atoms with E-state index < -0.39 is 47.4 Å². The number of carbonyl (C=O) groups is 1. The molecule has 2 N–H and O–H groups in total. The van der Waals surface area contributed by atoms with Gasteiger partial charge in [0.1, 0.15) is 12.4 Å². The monoisotopic (exact) mass is 524 g/mol. The SMILES string of the molecule is N[C@@H](CC(=O)N1Cc2ccccc2C[C@H]1COc1ccnc(C(F)(F)F)n1)Cc1cc(F)c(F)cc1F. The molecule has 0 saturated heterocycles. The predicted octanol–water partition coefficient (Wildman–Crippen LogP) is 4.21. The first-order chi connectivity index (χ1) is 17.5. The smallest absolute Gasteiger partial charge is 0.451 e. The number of nitrogens with two attached hydrogens (primary N) is 1. The Morgan fingerprint density at radius 1 is 1.08 bits per heavy atom. The fourth-order valence-electron chi connectivity index (χ4n) is 4.19. The zero-order chi connectivity index (χ0) is 26.7. The Morgan fingerprint density at radius 2 is 1.78 bits per heavy atom. The van der Waals surface area contributed by atoms with E-state index in [9.17, 15) is 31.1 Å². The number of benzene rings is 2. The van der Waals surface area contributed by atoms with E-state index in [-0.39, 0.29) is 37.4 Å². The zero-order valence-corrected chi connectivity index (χ0v) is 19.3. The Bertz CT molecular complexity index is 1290. The summed E-state index contributed by atoms with van der Waals surface area (Å²) in [5.74, 6) is -5.56. The molecule has 0 spiro atoms. The zero-order valence-electron chi connectivity index (χ0n) is 19.3. The van der Waals surface area contributed by atoms with E-state index in [1.54, 1.807) is 0 Å². The summed E-state index contributed by atoms with van der Waals surface area (Å²) >= 11 is 0. The van der Waals surface area contributed by atoms with Gasteiger partial charge in [-0.25, -0.2) is 18.2 Å². The van der Waals surface area contributed by atoms with E-state index in [1.165, 1.54) is 11.0 Å². The van der Waals surface area contributed by atoms with Crippen molar-refractivity contribution in [1.29, 1.82) is 0 Å². The molecule has 1 aliphatic heterocycles. The van der Waals surface area contributed by atoms with E-state index in [2.05, 4.69) is 9.97 Å². The van der Waals surface area contributed by atoms with Crippen LogP contribution in [0.3, 0.4) is 0 Å². The highest BCUT2D eigenvalue weighted by molar-refractivity contribution is 5.77. The first-order valence-corrected chi connectivity index (χ1v) is 11.3. The van der Waals surface area contributed by atoms with Gasteiger partial charge in [-0.3, -0.25) is 4.79 Å². The number of nitrogens with zero attached hydrogens (tertiary/aromatic N) is 3. The summed E-state index contributed by atoms with van der Waals surface area (Å²) in [7, 11) is 0. The predicted molar refractivity (Wildman–Crippen MR) is 120 cm³/mol. The second kappa shape index (κ2) is 10.8. The van der Waals surface area contributed by atoms with Gasteiger partial charge in [0.05, 0.1) is 6.04 Å². The molecule has 196 valence electrons. The number of hydrogen-bond acceptors (Lipinski definition) is 5. The van der Waals surface area contributed by atoms with E-state index >= 15 is 0 Å². The van der Waals surface area contributed by atoms with Gasteiger partial charge in [-0.2, -0.15) is 18.2 Å². The minimum Gasteiger partial charge on any atom is -0.475 e. The molecule has 0 aliphatic carbocycles. The van der Waals surface area contributed by atoms with Crippen molar-refractivity contribution in [3.63, 3.8) is 0 Å². The molecule has 12 heteroatoms. The number of carbonyl (C=O) groups excluding carboxylic acids is 1. The van der Waals surface area contributed by atoms with Crippen LogP contribution in [0.25, 0.3) is 0 Å². The lowest BCUT2D eigenvalue weighted by Gasteiger charge is -2.37. The second-order valence-electron chi connectivity index (χ2n) is 8.70. The van der Waals surface area contributed by atoms with Gasteiger partial charge in [0.25, 0.3) is 0 Å². The van der Waals surface area contributed by atoms with Crippen LogP contribution >= 0.6 is 0 Å². The number of hydrogen-bond donors (Lipinski definition) is 1. The third kappa shape index (κ3) is 6.37. The maximum absolute atomic E-state index is 14.0. The molecule has 6 nitrogen and oxygen atoms in total. The molecule has 0 radical (unpaired) electrons. The fraction of sp³-hybridized carbons (Fsp3) is 0.320. The highest BCUT2D eigenvalue weighted by Crippen LogP contribution is 2.28.